The molecule has 1 atom stereocenters. The number of nitrogens with zero attached hydrogens (tertiary/aromatic N) is 2. The number of hydrogen-bond donors (Lipinski definition) is 2. The van der Waals surface area contributed by atoms with Gasteiger partial charge in [0, 0.05) is 19.1 Å². The van der Waals surface area contributed by atoms with Gasteiger partial charge in [0.15, 0.2) is 0 Å². The minimum Gasteiger partial charge on any atom is -0.392 e. The van der Waals surface area contributed by atoms with E-state index in [1.165, 1.54) is 25.8 Å². The maximum Gasteiger partial charge on any atom is 0.317 e. The van der Waals surface area contributed by atoms with Gasteiger partial charge in [-0.15, -0.1) is 0 Å². The monoisotopic (exact) mass is 299 g/mol. The van der Waals surface area contributed by atoms with E-state index in [0.717, 1.165) is 19.6 Å². The standard InChI is InChI=1S/C16H33N3O2/c1-5-8-18-9-6-15(7-10-18)11-17-16(21)19(13(2)3)12-14(4)20/h13-15,20H,5-12H2,1-4H3,(H,17,21). The molecule has 1 heterocycles. The zero-order chi connectivity index (χ0) is 15.8. The number of urea groups is 1. The Morgan fingerprint density at radius 2 is 1.95 bits per heavy atom. The van der Waals surface area contributed by atoms with Crippen molar-refractivity contribution >= 4 is 6.03 Å². The Bertz CT molecular complexity index is 300. The molecule has 1 rings (SSSR count). The zero-order valence-corrected chi connectivity index (χ0v) is 14.1. The van der Waals surface area contributed by atoms with Gasteiger partial charge >= 0.3 is 6.03 Å². The Balaban J connectivity index is 2.32. The summed E-state index contributed by atoms with van der Waals surface area (Å²) < 4.78 is 0. The van der Waals surface area contributed by atoms with Crippen LogP contribution in [0.5, 0.6) is 0 Å². The first-order valence-electron chi connectivity index (χ1n) is 8.38. The first-order chi connectivity index (χ1) is 9.93. The van der Waals surface area contributed by atoms with Crippen molar-refractivity contribution < 1.29 is 9.90 Å². The molecular formula is C16H33N3O2. The number of nitrogens with one attached hydrogen (secondary N) is 1. The number of likely N-dealkylation sites (tertiary alicyclic amines) is 1. The van der Waals surface area contributed by atoms with Crippen molar-refractivity contribution in [1.29, 1.82) is 0 Å². The van der Waals surface area contributed by atoms with Crippen LogP contribution < -0.4 is 5.32 Å². The predicted octanol–water partition coefficient (Wildman–Crippen LogP) is 1.91. The lowest BCUT2D eigenvalue weighted by Crippen LogP contribution is -2.48. The van der Waals surface area contributed by atoms with Gasteiger partial charge in [-0.05, 0) is 65.6 Å². The highest BCUT2D eigenvalue weighted by Crippen LogP contribution is 2.16. The highest BCUT2D eigenvalue weighted by Gasteiger charge is 2.22. The largest absolute Gasteiger partial charge is 0.392 e. The molecule has 1 aliphatic heterocycles. The molecule has 0 aromatic rings. The Morgan fingerprint density at radius 3 is 2.43 bits per heavy atom. The van der Waals surface area contributed by atoms with E-state index in [1.807, 2.05) is 13.8 Å². The first kappa shape index (κ1) is 18.2. The molecule has 124 valence electrons. The molecule has 0 aromatic carbocycles. The van der Waals surface area contributed by atoms with Crippen molar-refractivity contribution in [3.8, 4) is 0 Å². The van der Waals surface area contributed by atoms with Gasteiger partial charge < -0.3 is 20.2 Å². The summed E-state index contributed by atoms with van der Waals surface area (Å²) in [5.41, 5.74) is 0. The zero-order valence-electron chi connectivity index (χ0n) is 14.1. The fourth-order valence-corrected chi connectivity index (χ4v) is 2.88. The molecule has 1 fully saturated rings. The molecule has 2 amide bonds. The average Bonchev–Trinajstić information content (AvgIpc) is 2.43. The van der Waals surface area contributed by atoms with E-state index in [9.17, 15) is 9.90 Å². The third kappa shape index (κ3) is 6.66. The maximum absolute atomic E-state index is 12.2. The molecule has 0 aliphatic carbocycles. The van der Waals surface area contributed by atoms with E-state index < -0.39 is 6.10 Å². The summed E-state index contributed by atoms with van der Waals surface area (Å²) in [7, 11) is 0. The van der Waals surface area contributed by atoms with Crippen molar-refractivity contribution in [2.75, 3.05) is 32.7 Å². The summed E-state index contributed by atoms with van der Waals surface area (Å²) in [5, 5.41) is 12.5. The average molecular weight is 299 g/mol. The van der Waals surface area contributed by atoms with Crippen LogP contribution in [-0.2, 0) is 0 Å². The minimum atomic E-state index is -0.490. The Morgan fingerprint density at radius 1 is 1.33 bits per heavy atom. The topological polar surface area (TPSA) is 55.8 Å². The fourth-order valence-electron chi connectivity index (χ4n) is 2.88. The van der Waals surface area contributed by atoms with Crippen molar-refractivity contribution in [2.45, 2.75) is 59.1 Å². The van der Waals surface area contributed by atoms with Crippen molar-refractivity contribution in [3.63, 3.8) is 0 Å². The van der Waals surface area contributed by atoms with Gasteiger partial charge in [-0.25, -0.2) is 4.79 Å². The number of aliphatic hydroxyl groups excluding tert-OH is 1. The Labute approximate surface area is 129 Å². The minimum absolute atomic E-state index is 0.0538. The van der Waals surface area contributed by atoms with Gasteiger partial charge in [-0.3, -0.25) is 0 Å². The van der Waals surface area contributed by atoms with Crippen LogP contribution in [0.15, 0.2) is 0 Å². The SMILES string of the molecule is CCCN1CCC(CNC(=O)N(CC(C)O)C(C)C)CC1. The fraction of sp³-hybridized carbons (Fsp3) is 0.938. The normalized spacial score (nSPS) is 18.8. The Hall–Kier alpha value is -0.810. The van der Waals surface area contributed by atoms with E-state index in [0.29, 0.717) is 12.5 Å². The van der Waals surface area contributed by atoms with Crippen molar-refractivity contribution in [2.24, 2.45) is 5.92 Å². The number of hydrogen-bond acceptors (Lipinski definition) is 3. The summed E-state index contributed by atoms with van der Waals surface area (Å²) in [6, 6.07) is 0.0490. The van der Waals surface area contributed by atoms with Gasteiger partial charge in [-0.2, -0.15) is 0 Å². The third-order valence-electron chi connectivity index (χ3n) is 4.13. The van der Waals surface area contributed by atoms with Crippen molar-refractivity contribution in [3.05, 3.63) is 0 Å². The lowest BCUT2D eigenvalue weighted by molar-refractivity contribution is 0.117. The van der Waals surface area contributed by atoms with E-state index in [2.05, 4.69) is 17.1 Å². The summed E-state index contributed by atoms with van der Waals surface area (Å²) in [6.45, 7) is 12.5. The molecule has 21 heavy (non-hydrogen) atoms. The quantitative estimate of drug-likeness (QED) is 0.755. The first-order valence-corrected chi connectivity index (χ1v) is 8.38. The lowest BCUT2D eigenvalue weighted by atomic mass is 9.97. The summed E-state index contributed by atoms with van der Waals surface area (Å²) in [4.78, 5) is 16.4. The molecule has 0 spiro atoms. The highest BCUT2D eigenvalue weighted by molar-refractivity contribution is 5.74. The van der Waals surface area contributed by atoms with Crippen LogP contribution in [0.4, 0.5) is 4.79 Å². The van der Waals surface area contributed by atoms with Gasteiger partial charge in [0.05, 0.1) is 6.10 Å². The molecule has 2 N–H and O–H groups in total. The highest BCUT2D eigenvalue weighted by atomic mass is 16.3. The van der Waals surface area contributed by atoms with Crippen LogP contribution >= 0.6 is 0 Å². The molecular weight excluding hydrogens is 266 g/mol. The third-order valence-corrected chi connectivity index (χ3v) is 4.13. The number of piperidine rings is 1. The molecule has 0 saturated carbocycles. The van der Waals surface area contributed by atoms with Crippen LogP contribution in [0.25, 0.3) is 0 Å². The van der Waals surface area contributed by atoms with Crippen LogP contribution in [-0.4, -0.2) is 65.8 Å². The summed E-state index contributed by atoms with van der Waals surface area (Å²) in [5.74, 6) is 0.586. The maximum atomic E-state index is 12.2. The second-order valence-electron chi connectivity index (χ2n) is 6.57. The second-order valence-corrected chi connectivity index (χ2v) is 6.57. The molecule has 0 bridgehead atoms. The lowest BCUT2D eigenvalue weighted by Gasteiger charge is -2.33. The van der Waals surface area contributed by atoms with E-state index in [4.69, 9.17) is 0 Å². The number of rotatable bonds is 7. The number of carbonyl (C=O) groups is 1. The second kappa shape index (κ2) is 9.26. The molecule has 5 nitrogen and oxygen atoms in total. The van der Waals surface area contributed by atoms with Gasteiger partial charge in [0.25, 0.3) is 0 Å². The molecule has 1 saturated heterocycles. The predicted molar refractivity (Wildman–Crippen MR) is 86.4 cm³/mol. The van der Waals surface area contributed by atoms with Gasteiger partial charge in [0.1, 0.15) is 0 Å². The smallest absolute Gasteiger partial charge is 0.317 e. The van der Waals surface area contributed by atoms with Crippen LogP contribution in [0.3, 0.4) is 0 Å². The molecule has 5 heteroatoms. The van der Waals surface area contributed by atoms with E-state index >= 15 is 0 Å². The molecule has 0 aromatic heterocycles. The number of aliphatic hydroxyl groups is 1. The number of carbonyl (C=O) groups excluding carboxylic acids is 1. The van der Waals surface area contributed by atoms with Gasteiger partial charge in [0.2, 0.25) is 0 Å². The molecule has 1 unspecified atom stereocenters. The molecule has 0 radical (unpaired) electrons. The van der Waals surface area contributed by atoms with Crippen molar-refractivity contribution in [1.82, 2.24) is 15.1 Å². The van der Waals surface area contributed by atoms with E-state index in [-0.39, 0.29) is 12.1 Å². The van der Waals surface area contributed by atoms with Crippen LogP contribution in [0.2, 0.25) is 0 Å². The molecule has 1 aliphatic rings. The summed E-state index contributed by atoms with van der Waals surface area (Å²) >= 11 is 0. The summed E-state index contributed by atoms with van der Waals surface area (Å²) in [6.07, 6.45) is 3.05. The van der Waals surface area contributed by atoms with Gasteiger partial charge in [-0.1, -0.05) is 6.92 Å². The van der Waals surface area contributed by atoms with E-state index in [1.54, 1.807) is 11.8 Å². The van der Waals surface area contributed by atoms with Crippen LogP contribution in [0.1, 0.15) is 47.0 Å². The number of amides is 2. The van der Waals surface area contributed by atoms with Crippen LogP contribution in [0, 0.1) is 5.92 Å². The Kier molecular flexibility index (Phi) is 8.04.